The molecule has 1 unspecified atom stereocenters. The molecule has 7 heteroatoms. The van der Waals surface area contributed by atoms with Crippen LogP contribution in [0.15, 0.2) is 29.2 Å². The van der Waals surface area contributed by atoms with Crippen LogP contribution in [0.2, 0.25) is 0 Å². The Kier molecular flexibility index (Phi) is 4.42. The van der Waals surface area contributed by atoms with Crippen LogP contribution < -0.4 is 5.11 Å². The van der Waals surface area contributed by atoms with E-state index in [2.05, 4.69) is 0 Å². The fraction of sp³-hybridized carbons (Fsp3) is 0.462. The summed E-state index contributed by atoms with van der Waals surface area (Å²) in [6, 6.07) is 5.88. The van der Waals surface area contributed by atoms with Gasteiger partial charge in [-0.05, 0) is 17.7 Å². The third-order valence-corrected chi connectivity index (χ3v) is 5.25. The number of carbonyl (C=O) groups is 1. The molecule has 6 nitrogen and oxygen atoms in total. The molecule has 0 amide bonds. The molecule has 0 N–H and O–H groups in total. The van der Waals surface area contributed by atoms with Crippen molar-refractivity contribution in [2.24, 2.45) is 0 Å². The average Bonchev–Trinajstić information content (AvgIpc) is 2.47. The Labute approximate surface area is 118 Å². The van der Waals surface area contributed by atoms with Crippen LogP contribution in [0.5, 0.6) is 0 Å². The van der Waals surface area contributed by atoms with E-state index in [0.717, 1.165) is 0 Å². The smallest absolute Gasteiger partial charge is 0.243 e. The van der Waals surface area contributed by atoms with Gasteiger partial charge in [0.25, 0.3) is 0 Å². The van der Waals surface area contributed by atoms with Crippen LogP contribution in [-0.4, -0.2) is 45.0 Å². The summed E-state index contributed by atoms with van der Waals surface area (Å²) in [5, 5.41) is 10.8. The molecule has 110 valence electrons. The van der Waals surface area contributed by atoms with Crippen molar-refractivity contribution in [2.75, 3.05) is 26.3 Å². The summed E-state index contributed by atoms with van der Waals surface area (Å²) in [5.41, 5.74) is 0.519. The third-order valence-electron chi connectivity index (χ3n) is 3.34. The summed E-state index contributed by atoms with van der Waals surface area (Å²) in [6.07, 6.45) is 0. The number of aliphatic carboxylic acids is 1. The lowest BCUT2D eigenvalue weighted by Gasteiger charge is -2.26. The van der Waals surface area contributed by atoms with Gasteiger partial charge in [-0.2, -0.15) is 4.31 Å². The molecule has 1 aliphatic heterocycles. The number of hydrogen-bond acceptors (Lipinski definition) is 5. The first-order valence-electron chi connectivity index (χ1n) is 6.31. The van der Waals surface area contributed by atoms with Gasteiger partial charge in [0.05, 0.1) is 18.1 Å². The number of carbonyl (C=O) groups excluding carboxylic acids is 1. The van der Waals surface area contributed by atoms with Gasteiger partial charge >= 0.3 is 0 Å². The van der Waals surface area contributed by atoms with E-state index >= 15 is 0 Å². The van der Waals surface area contributed by atoms with Crippen molar-refractivity contribution in [3.8, 4) is 0 Å². The standard InChI is InChI=1S/C13H17NO5S/c1-10(13(15)16)11-2-4-12(5-3-11)20(17,18)14-6-8-19-9-7-14/h2-5,10H,6-9H2,1H3,(H,15,16)/p-1. The molecule has 1 aromatic rings. The van der Waals surface area contributed by atoms with E-state index in [1.807, 2.05) is 0 Å². The lowest BCUT2D eigenvalue weighted by atomic mass is 10.0. The van der Waals surface area contributed by atoms with Crippen molar-refractivity contribution in [2.45, 2.75) is 17.7 Å². The highest BCUT2D eigenvalue weighted by Gasteiger charge is 2.26. The lowest BCUT2D eigenvalue weighted by molar-refractivity contribution is -0.307. The Hall–Kier alpha value is -1.44. The van der Waals surface area contributed by atoms with Gasteiger partial charge in [-0.25, -0.2) is 8.42 Å². The number of morpholine rings is 1. The Bertz CT molecular complexity index is 575. The first-order valence-corrected chi connectivity index (χ1v) is 7.75. The van der Waals surface area contributed by atoms with Crippen molar-refractivity contribution in [3.05, 3.63) is 29.8 Å². The number of carboxylic acids is 1. The van der Waals surface area contributed by atoms with Gasteiger partial charge in [0.2, 0.25) is 10.0 Å². The molecule has 0 saturated carbocycles. The molecule has 0 radical (unpaired) electrons. The molecule has 1 aliphatic rings. The van der Waals surface area contributed by atoms with E-state index < -0.39 is 21.9 Å². The maximum absolute atomic E-state index is 12.3. The van der Waals surface area contributed by atoms with Gasteiger partial charge in [0.15, 0.2) is 0 Å². The molecule has 0 aromatic heterocycles. The summed E-state index contributed by atoms with van der Waals surface area (Å²) >= 11 is 0. The van der Waals surface area contributed by atoms with Crippen LogP contribution in [0.25, 0.3) is 0 Å². The number of ether oxygens (including phenoxy) is 1. The fourth-order valence-corrected chi connectivity index (χ4v) is 3.41. The molecule has 1 saturated heterocycles. The first-order chi connectivity index (χ1) is 9.43. The van der Waals surface area contributed by atoms with E-state index in [9.17, 15) is 18.3 Å². The second-order valence-electron chi connectivity index (χ2n) is 4.63. The zero-order valence-corrected chi connectivity index (χ0v) is 11.9. The molecule has 20 heavy (non-hydrogen) atoms. The number of carboxylic acid groups (broad SMARTS) is 1. The molecule has 0 spiro atoms. The second kappa shape index (κ2) is 5.90. The molecular formula is C13H16NO5S-. The Morgan fingerprint density at radius 1 is 1.25 bits per heavy atom. The largest absolute Gasteiger partial charge is 0.550 e. The van der Waals surface area contributed by atoms with E-state index in [4.69, 9.17) is 4.74 Å². The van der Waals surface area contributed by atoms with Gasteiger partial charge in [-0.1, -0.05) is 19.1 Å². The number of nitrogens with zero attached hydrogens (tertiary/aromatic N) is 1. The molecule has 1 aromatic carbocycles. The predicted molar refractivity (Wildman–Crippen MR) is 69.4 cm³/mol. The zero-order valence-electron chi connectivity index (χ0n) is 11.1. The fourth-order valence-electron chi connectivity index (χ4n) is 2.00. The minimum Gasteiger partial charge on any atom is -0.550 e. The molecule has 1 heterocycles. The van der Waals surface area contributed by atoms with E-state index in [0.29, 0.717) is 31.9 Å². The first kappa shape index (κ1) is 15.0. The average molecular weight is 298 g/mol. The topological polar surface area (TPSA) is 86.7 Å². The number of rotatable bonds is 4. The minimum absolute atomic E-state index is 0.161. The van der Waals surface area contributed by atoms with Crippen LogP contribution in [0.1, 0.15) is 18.4 Å². The normalized spacial score (nSPS) is 18.6. The Balaban J connectivity index is 2.22. The van der Waals surface area contributed by atoms with Gasteiger partial charge in [0, 0.05) is 25.0 Å². The summed E-state index contributed by atoms with van der Waals surface area (Å²) in [6.45, 7) is 2.94. The maximum atomic E-state index is 12.3. The van der Waals surface area contributed by atoms with Crippen LogP contribution >= 0.6 is 0 Å². The van der Waals surface area contributed by atoms with Gasteiger partial charge < -0.3 is 14.6 Å². The third kappa shape index (κ3) is 3.00. The highest BCUT2D eigenvalue weighted by atomic mass is 32.2. The minimum atomic E-state index is -3.53. The number of hydrogen-bond donors (Lipinski definition) is 0. The van der Waals surface area contributed by atoms with Gasteiger partial charge in [0.1, 0.15) is 0 Å². The van der Waals surface area contributed by atoms with Gasteiger partial charge in [-0.15, -0.1) is 0 Å². The highest BCUT2D eigenvalue weighted by molar-refractivity contribution is 7.89. The summed E-state index contributed by atoms with van der Waals surface area (Å²) in [4.78, 5) is 10.9. The van der Waals surface area contributed by atoms with Crippen LogP contribution in [-0.2, 0) is 19.6 Å². The van der Waals surface area contributed by atoms with E-state index in [1.54, 1.807) is 0 Å². The van der Waals surface area contributed by atoms with Crippen molar-refractivity contribution in [3.63, 3.8) is 0 Å². The van der Waals surface area contributed by atoms with Crippen molar-refractivity contribution >= 4 is 16.0 Å². The summed E-state index contributed by atoms with van der Waals surface area (Å²) in [7, 11) is -3.53. The maximum Gasteiger partial charge on any atom is 0.243 e. The van der Waals surface area contributed by atoms with Crippen molar-refractivity contribution < 1.29 is 23.1 Å². The van der Waals surface area contributed by atoms with Crippen LogP contribution in [0.3, 0.4) is 0 Å². The molecule has 1 fully saturated rings. The highest BCUT2D eigenvalue weighted by Crippen LogP contribution is 2.21. The molecular weight excluding hydrogens is 282 g/mol. The zero-order chi connectivity index (χ0) is 14.8. The van der Waals surface area contributed by atoms with Crippen LogP contribution in [0.4, 0.5) is 0 Å². The Morgan fingerprint density at radius 2 is 1.80 bits per heavy atom. The van der Waals surface area contributed by atoms with Gasteiger partial charge in [-0.3, -0.25) is 0 Å². The lowest BCUT2D eigenvalue weighted by Crippen LogP contribution is -2.40. The molecule has 0 aliphatic carbocycles. The number of sulfonamides is 1. The molecule has 0 bridgehead atoms. The Morgan fingerprint density at radius 3 is 2.30 bits per heavy atom. The SMILES string of the molecule is CC(C(=O)[O-])c1ccc(S(=O)(=O)N2CCOCC2)cc1. The predicted octanol–water partition coefficient (Wildman–Crippen LogP) is -0.439. The quantitative estimate of drug-likeness (QED) is 0.752. The van der Waals surface area contributed by atoms with E-state index in [-0.39, 0.29) is 4.90 Å². The van der Waals surface area contributed by atoms with E-state index in [1.165, 1.54) is 35.5 Å². The molecule has 2 rings (SSSR count). The monoisotopic (exact) mass is 298 g/mol. The summed E-state index contributed by atoms with van der Waals surface area (Å²) in [5.74, 6) is -1.95. The van der Waals surface area contributed by atoms with Crippen molar-refractivity contribution in [1.82, 2.24) is 4.31 Å². The summed E-state index contributed by atoms with van der Waals surface area (Å²) < 4.78 is 31.2. The van der Waals surface area contributed by atoms with Crippen LogP contribution in [0, 0.1) is 0 Å². The molecule has 1 atom stereocenters. The van der Waals surface area contributed by atoms with Crippen molar-refractivity contribution in [1.29, 1.82) is 0 Å². The second-order valence-corrected chi connectivity index (χ2v) is 6.56. The number of benzene rings is 1.